The molecule has 0 unspecified atom stereocenters. The summed E-state index contributed by atoms with van der Waals surface area (Å²) in [5.74, 6) is -0.0256. The monoisotopic (exact) mass is 476 g/mol. The van der Waals surface area contributed by atoms with Gasteiger partial charge in [-0.1, -0.05) is 23.8 Å². The lowest BCUT2D eigenvalue weighted by Gasteiger charge is -2.26. The van der Waals surface area contributed by atoms with E-state index in [1.165, 1.54) is 47.3 Å². The molecular weight excluding hydrogens is 444 g/mol. The van der Waals surface area contributed by atoms with Crippen molar-refractivity contribution in [3.63, 3.8) is 0 Å². The molecule has 0 spiro atoms. The maximum Gasteiger partial charge on any atom is 0.255 e. The predicted octanol–water partition coefficient (Wildman–Crippen LogP) is 2.70. The van der Waals surface area contributed by atoms with Gasteiger partial charge in [0.25, 0.3) is 5.91 Å². The van der Waals surface area contributed by atoms with Gasteiger partial charge in [0, 0.05) is 25.7 Å². The largest absolute Gasteiger partial charge is 0.493 e. The molecule has 8 nitrogen and oxygen atoms in total. The Labute approximate surface area is 195 Å². The summed E-state index contributed by atoms with van der Waals surface area (Å²) >= 11 is 0. The number of methoxy groups -OCH3 is 2. The summed E-state index contributed by atoms with van der Waals surface area (Å²) in [6.45, 7) is 5.77. The first-order valence-electron chi connectivity index (χ1n) is 11.0. The lowest BCUT2D eigenvalue weighted by atomic mass is 10.0. The number of ether oxygens (including phenoxy) is 3. The van der Waals surface area contributed by atoms with Crippen LogP contribution in [0.5, 0.6) is 11.5 Å². The van der Waals surface area contributed by atoms with Crippen molar-refractivity contribution in [1.29, 1.82) is 0 Å². The summed E-state index contributed by atoms with van der Waals surface area (Å²) in [7, 11) is -0.975. The normalized spacial score (nSPS) is 14.7. The second kappa shape index (κ2) is 11.0. The first-order chi connectivity index (χ1) is 15.8. The topological polar surface area (TPSA) is 94.2 Å². The number of hydrogen-bond donors (Lipinski definition) is 1. The number of hydrogen-bond acceptors (Lipinski definition) is 6. The molecule has 1 saturated heterocycles. The Hall–Kier alpha value is -2.62. The quantitative estimate of drug-likeness (QED) is 0.560. The van der Waals surface area contributed by atoms with E-state index in [1.807, 2.05) is 0 Å². The van der Waals surface area contributed by atoms with Crippen LogP contribution in [-0.2, 0) is 21.2 Å². The van der Waals surface area contributed by atoms with Gasteiger partial charge in [0.15, 0.2) is 11.5 Å². The molecule has 1 N–H and O–H groups in total. The van der Waals surface area contributed by atoms with E-state index in [-0.39, 0.29) is 35.0 Å². The Morgan fingerprint density at radius 1 is 1.09 bits per heavy atom. The van der Waals surface area contributed by atoms with Gasteiger partial charge in [-0.3, -0.25) is 4.79 Å². The van der Waals surface area contributed by atoms with Crippen LogP contribution in [0.2, 0.25) is 0 Å². The van der Waals surface area contributed by atoms with Crippen molar-refractivity contribution in [2.45, 2.75) is 31.6 Å². The van der Waals surface area contributed by atoms with Crippen molar-refractivity contribution in [2.24, 2.45) is 0 Å². The summed E-state index contributed by atoms with van der Waals surface area (Å²) in [5, 5.41) is 2.88. The van der Waals surface area contributed by atoms with Crippen molar-refractivity contribution in [1.82, 2.24) is 9.62 Å². The van der Waals surface area contributed by atoms with Crippen LogP contribution in [0.4, 0.5) is 0 Å². The van der Waals surface area contributed by atoms with Crippen LogP contribution in [-0.4, -0.2) is 65.7 Å². The molecule has 0 atom stereocenters. The fourth-order valence-corrected chi connectivity index (χ4v) is 5.35. The molecule has 0 saturated carbocycles. The Kier molecular flexibility index (Phi) is 8.34. The van der Waals surface area contributed by atoms with E-state index in [0.717, 1.165) is 12.8 Å². The van der Waals surface area contributed by atoms with Crippen LogP contribution in [0.1, 0.15) is 33.5 Å². The zero-order valence-electron chi connectivity index (χ0n) is 19.6. The lowest BCUT2D eigenvalue weighted by Crippen LogP contribution is -2.40. The number of nitrogens with one attached hydrogen (secondary N) is 1. The minimum Gasteiger partial charge on any atom is -0.493 e. The van der Waals surface area contributed by atoms with E-state index >= 15 is 0 Å². The fraction of sp³-hybridized carbons (Fsp3) is 0.458. The SMILES string of the molecule is COc1cc(S(=O)(=O)N2CCOCC2)cc(C(=O)NCCCc2ccc(C)cc2C)c1OC. The molecule has 0 bridgehead atoms. The van der Waals surface area contributed by atoms with Gasteiger partial charge in [-0.15, -0.1) is 0 Å². The number of carbonyl (C=O) groups excluding carboxylic acids is 1. The first kappa shape index (κ1) is 25.0. The molecule has 0 aliphatic carbocycles. The van der Waals surface area contributed by atoms with Gasteiger partial charge in [-0.25, -0.2) is 8.42 Å². The Morgan fingerprint density at radius 2 is 1.82 bits per heavy atom. The average Bonchev–Trinajstić information content (AvgIpc) is 2.82. The lowest BCUT2D eigenvalue weighted by molar-refractivity contribution is 0.0730. The third-order valence-electron chi connectivity index (χ3n) is 5.71. The highest BCUT2D eigenvalue weighted by Gasteiger charge is 2.30. The highest BCUT2D eigenvalue weighted by Crippen LogP contribution is 2.35. The van der Waals surface area contributed by atoms with Crippen LogP contribution in [0.25, 0.3) is 0 Å². The van der Waals surface area contributed by atoms with Crippen LogP contribution in [0, 0.1) is 13.8 Å². The van der Waals surface area contributed by atoms with Gasteiger partial charge in [0.05, 0.1) is 37.9 Å². The summed E-state index contributed by atoms with van der Waals surface area (Å²) in [4.78, 5) is 13.0. The van der Waals surface area contributed by atoms with E-state index in [4.69, 9.17) is 14.2 Å². The van der Waals surface area contributed by atoms with Crippen LogP contribution < -0.4 is 14.8 Å². The Morgan fingerprint density at radius 3 is 2.45 bits per heavy atom. The zero-order valence-corrected chi connectivity index (χ0v) is 20.5. The molecule has 1 fully saturated rings. The van der Waals surface area contributed by atoms with Crippen molar-refractivity contribution in [2.75, 3.05) is 47.1 Å². The Bertz CT molecular complexity index is 1090. The molecule has 1 aliphatic heterocycles. The van der Waals surface area contributed by atoms with E-state index in [2.05, 4.69) is 37.4 Å². The highest BCUT2D eigenvalue weighted by atomic mass is 32.2. The van der Waals surface area contributed by atoms with Crippen LogP contribution >= 0.6 is 0 Å². The summed E-state index contributed by atoms with van der Waals surface area (Å²) in [6.07, 6.45) is 1.58. The molecule has 0 radical (unpaired) electrons. The number of nitrogens with zero attached hydrogens (tertiary/aromatic N) is 1. The van der Waals surface area contributed by atoms with E-state index < -0.39 is 15.9 Å². The minimum atomic E-state index is -3.81. The van der Waals surface area contributed by atoms with Gasteiger partial charge in [0.1, 0.15) is 0 Å². The maximum atomic E-state index is 13.1. The van der Waals surface area contributed by atoms with Gasteiger partial charge in [-0.2, -0.15) is 4.31 Å². The number of aryl methyl sites for hydroxylation is 3. The van der Waals surface area contributed by atoms with Crippen molar-refractivity contribution in [3.05, 3.63) is 52.6 Å². The molecule has 33 heavy (non-hydrogen) atoms. The standard InChI is InChI=1S/C24H32N2O6S/c1-17-7-8-19(18(2)14-17)6-5-9-25-24(27)21-15-20(16-22(30-3)23(21)31-4)33(28,29)26-10-12-32-13-11-26/h7-8,14-16H,5-6,9-13H2,1-4H3,(H,25,27). The molecule has 180 valence electrons. The van der Waals surface area contributed by atoms with Gasteiger partial charge in [-0.05, 0) is 43.9 Å². The molecule has 1 amide bonds. The maximum absolute atomic E-state index is 13.1. The molecular formula is C24H32N2O6S. The Balaban J connectivity index is 1.77. The number of carbonyl (C=O) groups is 1. The molecule has 1 heterocycles. The average molecular weight is 477 g/mol. The molecule has 1 aliphatic rings. The molecule has 0 aromatic heterocycles. The number of benzene rings is 2. The first-order valence-corrected chi connectivity index (χ1v) is 12.4. The molecule has 2 aromatic rings. The second-order valence-electron chi connectivity index (χ2n) is 8.01. The molecule has 9 heteroatoms. The van der Waals surface area contributed by atoms with Crippen LogP contribution in [0.15, 0.2) is 35.2 Å². The number of morpholine rings is 1. The van der Waals surface area contributed by atoms with E-state index in [0.29, 0.717) is 19.8 Å². The third kappa shape index (κ3) is 5.85. The second-order valence-corrected chi connectivity index (χ2v) is 9.95. The fourth-order valence-electron chi connectivity index (χ4n) is 3.90. The minimum absolute atomic E-state index is 0.0116. The predicted molar refractivity (Wildman–Crippen MR) is 126 cm³/mol. The van der Waals surface area contributed by atoms with Gasteiger partial charge in [0.2, 0.25) is 10.0 Å². The molecule has 3 rings (SSSR count). The summed E-state index contributed by atoms with van der Waals surface area (Å²) in [5.41, 5.74) is 3.81. The van der Waals surface area contributed by atoms with Gasteiger partial charge < -0.3 is 19.5 Å². The highest BCUT2D eigenvalue weighted by molar-refractivity contribution is 7.89. The number of amides is 1. The van der Waals surface area contributed by atoms with Crippen molar-refractivity contribution >= 4 is 15.9 Å². The summed E-state index contributed by atoms with van der Waals surface area (Å²) in [6, 6.07) is 9.08. The smallest absolute Gasteiger partial charge is 0.255 e. The summed E-state index contributed by atoms with van der Waals surface area (Å²) < 4.78 is 43.6. The molecule has 2 aromatic carbocycles. The zero-order chi connectivity index (χ0) is 24.0. The van der Waals surface area contributed by atoms with Crippen molar-refractivity contribution in [3.8, 4) is 11.5 Å². The van der Waals surface area contributed by atoms with E-state index in [1.54, 1.807) is 0 Å². The van der Waals surface area contributed by atoms with Crippen molar-refractivity contribution < 1.29 is 27.4 Å². The van der Waals surface area contributed by atoms with E-state index in [9.17, 15) is 13.2 Å². The number of rotatable bonds is 9. The van der Waals surface area contributed by atoms with Crippen LogP contribution in [0.3, 0.4) is 0 Å². The third-order valence-corrected chi connectivity index (χ3v) is 7.59. The van der Waals surface area contributed by atoms with Gasteiger partial charge >= 0.3 is 0 Å². The number of sulfonamides is 1.